The van der Waals surface area contributed by atoms with Gasteiger partial charge in [0.1, 0.15) is 5.69 Å². The van der Waals surface area contributed by atoms with Crippen molar-refractivity contribution in [3.63, 3.8) is 0 Å². The fraction of sp³-hybridized carbons (Fsp3) is 0.333. The second-order valence-electron chi connectivity index (χ2n) is 6.37. The number of nitrogens with one attached hydrogen (secondary N) is 1. The molecule has 25 heavy (non-hydrogen) atoms. The second-order valence-corrected chi connectivity index (χ2v) is 6.37. The van der Waals surface area contributed by atoms with Crippen LogP contribution in [0.15, 0.2) is 42.9 Å². The van der Waals surface area contributed by atoms with Crippen LogP contribution in [0.5, 0.6) is 0 Å². The number of anilines is 1. The zero-order valence-electron chi connectivity index (χ0n) is 14.1. The Hall–Kier alpha value is -2.96. The predicted molar refractivity (Wildman–Crippen MR) is 95.4 cm³/mol. The standard InChI is InChI=1S/C18H20N6O/c1-23-12-14(9-20-23)24-8-4-5-13(11-24)21-18(25)17-10-19-15-6-2-3-7-16(15)22-17/h2-3,6-7,9-10,12-13H,4-5,8,11H2,1H3,(H,21,25). The lowest BCUT2D eigenvalue weighted by Crippen LogP contribution is -2.48. The van der Waals surface area contributed by atoms with Crippen LogP contribution in [0.25, 0.3) is 11.0 Å². The molecule has 1 unspecified atom stereocenters. The molecule has 0 bridgehead atoms. The molecule has 1 aromatic carbocycles. The Bertz CT molecular complexity index is 905. The highest BCUT2D eigenvalue weighted by Crippen LogP contribution is 2.19. The van der Waals surface area contributed by atoms with Crippen molar-refractivity contribution in [2.45, 2.75) is 18.9 Å². The molecule has 1 aliphatic heterocycles. The van der Waals surface area contributed by atoms with Crippen LogP contribution in [0, 0.1) is 0 Å². The van der Waals surface area contributed by atoms with E-state index in [4.69, 9.17) is 0 Å². The fourth-order valence-corrected chi connectivity index (χ4v) is 3.23. The number of carbonyl (C=O) groups excluding carboxylic acids is 1. The molecule has 0 radical (unpaired) electrons. The zero-order valence-corrected chi connectivity index (χ0v) is 14.1. The van der Waals surface area contributed by atoms with Crippen molar-refractivity contribution < 1.29 is 4.79 Å². The van der Waals surface area contributed by atoms with Gasteiger partial charge in [0.05, 0.1) is 29.1 Å². The van der Waals surface area contributed by atoms with E-state index in [9.17, 15) is 4.79 Å². The number of hydrogen-bond acceptors (Lipinski definition) is 5. The lowest BCUT2D eigenvalue weighted by Gasteiger charge is -2.33. The third-order valence-electron chi connectivity index (χ3n) is 4.49. The molecule has 7 heteroatoms. The fourth-order valence-electron chi connectivity index (χ4n) is 3.23. The molecule has 2 aromatic heterocycles. The summed E-state index contributed by atoms with van der Waals surface area (Å²) in [4.78, 5) is 23.5. The highest BCUT2D eigenvalue weighted by molar-refractivity contribution is 5.94. The molecule has 0 saturated carbocycles. The number of rotatable bonds is 3. The molecule has 128 valence electrons. The Balaban J connectivity index is 1.45. The van der Waals surface area contributed by atoms with Crippen LogP contribution >= 0.6 is 0 Å². The van der Waals surface area contributed by atoms with Gasteiger partial charge in [0.25, 0.3) is 5.91 Å². The highest BCUT2D eigenvalue weighted by Gasteiger charge is 2.23. The second kappa shape index (κ2) is 6.51. The minimum Gasteiger partial charge on any atom is -0.367 e. The van der Waals surface area contributed by atoms with Gasteiger partial charge >= 0.3 is 0 Å². The van der Waals surface area contributed by atoms with Crippen molar-refractivity contribution in [1.29, 1.82) is 0 Å². The van der Waals surface area contributed by atoms with Crippen molar-refractivity contribution in [2.24, 2.45) is 7.05 Å². The third kappa shape index (κ3) is 3.31. The van der Waals surface area contributed by atoms with E-state index in [0.717, 1.165) is 42.7 Å². The van der Waals surface area contributed by atoms with Gasteiger partial charge in [-0.25, -0.2) is 4.98 Å². The van der Waals surface area contributed by atoms with Gasteiger partial charge < -0.3 is 10.2 Å². The van der Waals surface area contributed by atoms with Gasteiger partial charge in [-0.2, -0.15) is 5.10 Å². The van der Waals surface area contributed by atoms with E-state index in [2.05, 4.69) is 25.3 Å². The van der Waals surface area contributed by atoms with Crippen molar-refractivity contribution in [1.82, 2.24) is 25.1 Å². The first kappa shape index (κ1) is 15.6. The smallest absolute Gasteiger partial charge is 0.271 e. The predicted octanol–water partition coefficient (Wildman–Crippen LogP) is 1.76. The topological polar surface area (TPSA) is 75.9 Å². The Kier molecular flexibility index (Phi) is 4.05. The van der Waals surface area contributed by atoms with Gasteiger partial charge in [0.15, 0.2) is 0 Å². The summed E-state index contributed by atoms with van der Waals surface area (Å²) in [7, 11) is 1.91. The normalized spacial score (nSPS) is 17.6. The number of para-hydroxylation sites is 2. The lowest BCUT2D eigenvalue weighted by molar-refractivity contribution is 0.0928. The van der Waals surface area contributed by atoms with E-state index >= 15 is 0 Å². The third-order valence-corrected chi connectivity index (χ3v) is 4.49. The number of fused-ring (bicyclic) bond motifs is 1. The quantitative estimate of drug-likeness (QED) is 0.789. The molecular weight excluding hydrogens is 316 g/mol. The van der Waals surface area contributed by atoms with Crippen LogP contribution in [0.3, 0.4) is 0 Å². The first-order chi connectivity index (χ1) is 12.2. The Labute approximate surface area is 145 Å². The molecule has 1 fully saturated rings. The van der Waals surface area contributed by atoms with Crippen LogP contribution in [0.4, 0.5) is 5.69 Å². The number of aryl methyl sites for hydroxylation is 1. The van der Waals surface area contributed by atoms with E-state index in [1.165, 1.54) is 0 Å². The van der Waals surface area contributed by atoms with Crippen LogP contribution in [-0.2, 0) is 7.05 Å². The number of carbonyl (C=O) groups is 1. The summed E-state index contributed by atoms with van der Waals surface area (Å²) in [6.45, 7) is 1.76. The van der Waals surface area contributed by atoms with Gasteiger partial charge in [0, 0.05) is 32.4 Å². The van der Waals surface area contributed by atoms with Crippen molar-refractivity contribution >= 4 is 22.6 Å². The summed E-state index contributed by atoms with van der Waals surface area (Å²) in [6.07, 6.45) is 7.39. The first-order valence-corrected chi connectivity index (χ1v) is 8.45. The Morgan fingerprint density at radius 1 is 1.24 bits per heavy atom. The van der Waals surface area contributed by atoms with Gasteiger partial charge in [0.2, 0.25) is 0 Å². The zero-order chi connectivity index (χ0) is 17.2. The number of nitrogens with zero attached hydrogens (tertiary/aromatic N) is 5. The maximum Gasteiger partial charge on any atom is 0.271 e. The van der Waals surface area contributed by atoms with E-state index in [1.54, 1.807) is 10.9 Å². The van der Waals surface area contributed by atoms with Crippen molar-refractivity contribution in [2.75, 3.05) is 18.0 Å². The van der Waals surface area contributed by atoms with Crippen LogP contribution in [-0.4, -0.2) is 44.8 Å². The molecule has 0 spiro atoms. The molecule has 1 aliphatic rings. The molecule has 1 saturated heterocycles. The summed E-state index contributed by atoms with van der Waals surface area (Å²) < 4.78 is 1.79. The van der Waals surface area contributed by atoms with Crippen LogP contribution in [0.1, 0.15) is 23.3 Å². The lowest BCUT2D eigenvalue weighted by atomic mass is 10.1. The number of amides is 1. The van der Waals surface area contributed by atoms with Gasteiger partial charge in [-0.3, -0.25) is 14.5 Å². The van der Waals surface area contributed by atoms with E-state index in [-0.39, 0.29) is 11.9 Å². The summed E-state index contributed by atoms with van der Waals surface area (Å²) in [5, 5.41) is 7.32. The monoisotopic (exact) mass is 336 g/mol. The summed E-state index contributed by atoms with van der Waals surface area (Å²) in [5.74, 6) is -0.170. The van der Waals surface area contributed by atoms with E-state index in [0.29, 0.717) is 5.69 Å². The SMILES string of the molecule is Cn1cc(N2CCCC(NC(=O)c3cnc4ccccc4n3)C2)cn1. The number of hydrogen-bond donors (Lipinski definition) is 1. The molecule has 1 atom stereocenters. The van der Waals surface area contributed by atoms with E-state index in [1.807, 2.05) is 43.7 Å². The number of piperidine rings is 1. The number of aromatic nitrogens is 4. The average Bonchev–Trinajstić information content (AvgIpc) is 3.08. The minimum absolute atomic E-state index is 0.0923. The molecule has 0 aliphatic carbocycles. The molecule has 3 heterocycles. The van der Waals surface area contributed by atoms with Crippen LogP contribution in [0.2, 0.25) is 0 Å². The molecular formula is C18H20N6O. The minimum atomic E-state index is -0.170. The van der Waals surface area contributed by atoms with Crippen LogP contribution < -0.4 is 10.2 Å². The van der Waals surface area contributed by atoms with E-state index < -0.39 is 0 Å². The maximum atomic E-state index is 12.6. The van der Waals surface area contributed by atoms with Gasteiger partial charge in [-0.05, 0) is 25.0 Å². The average molecular weight is 336 g/mol. The summed E-state index contributed by atoms with van der Waals surface area (Å²) in [6, 6.07) is 7.65. The number of benzene rings is 1. The maximum absolute atomic E-state index is 12.6. The summed E-state index contributed by atoms with van der Waals surface area (Å²) >= 11 is 0. The van der Waals surface area contributed by atoms with Crippen molar-refractivity contribution in [3.05, 3.63) is 48.5 Å². The Morgan fingerprint density at radius 3 is 2.88 bits per heavy atom. The summed E-state index contributed by atoms with van der Waals surface area (Å²) in [5.41, 5.74) is 2.97. The van der Waals surface area contributed by atoms with Gasteiger partial charge in [-0.15, -0.1) is 0 Å². The molecule has 3 aromatic rings. The molecule has 7 nitrogen and oxygen atoms in total. The molecule has 4 rings (SSSR count). The largest absolute Gasteiger partial charge is 0.367 e. The molecule has 1 N–H and O–H groups in total. The van der Waals surface area contributed by atoms with Crippen molar-refractivity contribution in [3.8, 4) is 0 Å². The Morgan fingerprint density at radius 2 is 2.08 bits per heavy atom. The molecule has 1 amide bonds. The van der Waals surface area contributed by atoms with Gasteiger partial charge in [-0.1, -0.05) is 12.1 Å². The first-order valence-electron chi connectivity index (χ1n) is 8.45. The highest BCUT2D eigenvalue weighted by atomic mass is 16.2.